The van der Waals surface area contributed by atoms with Crippen molar-refractivity contribution in [3.05, 3.63) is 65.5 Å². The fourth-order valence-corrected chi connectivity index (χ4v) is 5.81. The van der Waals surface area contributed by atoms with Crippen LogP contribution in [0.5, 0.6) is 11.5 Å². The Labute approximate surface area is 210 Å². The predicted molar refractivity (Wildman–Crippen MR) is 136 cm³/mol. The van der Waals surface area contributed by atoms with E-state index in [1.807, 2.05) is 24.3 Å². The third kappa shape index (κ3) is 5.60. The molecule has 36 heavy (non-hydrogen) atoms. The average Bonchev–Trinajstić information content (AvgIpc) is 3.29. The number of rotatable bonds is 8. The number of piperidine rings is 1. The molecule has 1 aliphatic heterocycles. The Kier molecular flexibility index (Phi) is 7.76. The molecule has 1 fully saturated rings. The van der Waals surface area contributed by atoms with Gasteiger partial charge in [0.2, 0.25) is 15.9 Å². The summed E-state index contributed by atoms with van der Waals surface area (Å²) in [6, 6.07) is 14.4. The zero-order chi connectivity index (χ0) is 25.7. The molecule has 0 spiro atoms. The number of carbonyl (C=O) groups is 1. The van der Waals surface area contributed by atoms with E-state index in [9.17, 15) is 13.2 Å². The molecule has 1 N–H and O–H groups in total. The number of ether oxygens (including phenoxy) is 2. The Morgan fingerprint density at radius 2 is 1.58 bits per heavy atom. The lowest BCUT2D eigenvalue weighted by molar-refractivity contribution is -0.120. The number of anilines is 1. The zero-order valence-electron chi connectivity index (χ0n) is 20.4. The van der Waals surface area contributed by atoms with E-state index in [4.69, 9.17) is 14.0 Å². The van der Waals surface area contributed by atoms with Gasteiger partial charge in [0, 0.05) is 24.7 Å². The Morgan fingerprint density at radius 3 is 2.17 bits per heavy atom. The van der Waals surface area contributed by atoms with Crippen LogP contribution in [-0.4, -0.2) is 51.1 Å². The first-order valence-corrected chi connectivity index (χ1v) is 13.0. The number of carbonyl (C=O) groups excluding carboxylic acids is 1. The fourth-order valence-electron chi connectivity index (χ4n) is 4.09. The Morgan fingerprint density at radius 1 is 1.00 bits per heavy atom. The van der Waals surface area contributed by atoms with Crippen LogP contribution in [0.15, 0.2) is 57.9 Å². The molecule has 4 rings (SSSR count). The topological polar surface area (TPSA) is 111 Å². The summed E-state index contributed by atoms with van der Waals surface area (Å²) in [5, 5.41) is 6.79. The van der Waals surface area contributed by atoms with Gasteiger partial charge in [0.15, 0.2) is 10.7 Å². The maximum atomic E-state index is 13.5. The molecule has 2 aromatic carbocycles. The van der Waals surface area contributed by atoms with Crippen molar-refractivity contribution < 1.29 is 27.2 Å². The summed E-state index contributed by atoms with van der Waals surface area (Å²) >= 11 is 0. The zero-order valence-corrected chi connectivity index (χ0v) is 21.2. The van der Waals surface area contributed by atoms with Crippen LogP contribution in [0.3, 0.4) is 0 Å². The van der Waals surface area contributed by atoms with Gasteiger partial charge in [-0.3, -0.25) is 4.79 Å². The van der Waals surface area contributed by atoms with Gasteiger partial charge in [0.25, 0.3) is 0 Å². The molecule has 1 amide bonds. The number of sulfonamides is 1. The lowest BCUT2D eigenvalue weighted by Gasteiger charge is -2.30. The summed E-state index contributed by atoms with van der Waals surface area (Å²) in [5.41, 5.74) is 1.82. The standard InChI is InChI=1S/C26H29N3O6S/c1-18-25(24(35-28-18)13-6-19-4-9-22(33-2)10-5-19)36(31,32)29-16-14-20(15-17-29)26(30)27-21-7-11-23(34-3)12-8-21/h4-13,20H,14-17H2,1-3H3,(H,27,30). The van der Waals surface area contributed by atoms with Gasteiger partial charge in [-0.05, 0) is 67.8 Å². The summed E-state index contributed by atoms with van der Waals surface area (Å²) in [5.74, 6) is 1.20. The number of methoxy groups -OCH3 is 2. The minimum atomic E-state index is -3.85. The molecular formula is C26H29N3O6S. The average molecular weight is 512 g/mol. The number of nitrogens with zero attached hydrogens (tertiary/aromatic N) is 2. The van der Waals surface area contributed by atoms with Crippen molar-refractivity contribution in [3.63, 3.8) is 0 Å². The molecule has 1 saturated heterocycles. The molecule has 190 valence electrons. The van der Waals surface area contributed by atoms with Gasteiger partial charge in [-0.2, -0.15) is 4.31 Å². The molecule has 3 aromatic rings. The maximum absolute atomic E-state index is 13.5. The Balaban J connectivity index is 1.42. The summed E-state index contributed by atoms with van der Waals surface area (Å²) in [4.78, 5) is 12.8. The number of aryl methyl sites for hydroxylation is 1. The number of benzene rings is 2. The van der Waals surface area contributed by atoms with Crippen LogP contribution in [0, 0.1) is 12.8 Å². The first kappa shape index (κ1) is 25.5. The van der Waals surface area contributed by atoms with Crippen LogP contribution >= 0.6 is 0 Å². The van der Waals surface area contributed by atoms with Crippen molar-refractivity contribution in [2.75, 3.05) is 32.6 Å². The minimum absolute atomic E-state index is 0.0494. The van der Waals surface area contributed by atoms with Crippen LogP contribution in [0.25, 0.3) is 12.2 Å². The van der Waals surface area contributed by atoms with Gasteiger partial charge < -0.3 is 19.3 Å². The van der Waals surface area contributed by atoms with Crippen LogP contribution < -0.4 is 14.8 Å². The normalized spacial score (nSPS) is 15.2. The molecule has 1 aliphatic rings. The molecule has 0 aliphatic carbocycles. The van der Waals surface area contributed by atoms with E-state index in [-0.39, 0.29) is 35.6 Å². The quantitative estimate of drug-likeness (QED) is 0.482. The lowest BCUT2D eigenvalue weighted by atomic mass is 9.97. The van der Waals surface area contributed by atoms with Crippen LogP contribution in [0.4, 0.5) is 5.69 Å². The SMILES string of the molecule is COc1ccc(C=Cc2onc(C)c2S(=O)(=O)N2CCC(C(=O)Nc3ccc(OC)cc3)CC2)cc1. The van der Waals surface area contributed by atoms with E-state index in [1.54, 1.807) is 57.6 Å². The maximum Gasteiger partial charge on any atom is 0.248 e. The van der Waals surface area contributed by atoms with Crippen LogP contribution in [0.2, 0.25) is 0 Å². The highest BCUT2D eigenvalue weighted by Crippen LogP contribution is 2.30. The van der Waals surface area contributed by atoms with Crippen molar-refractivity contribution in [1.29, 1.82) is 0 Å². The summed E-state index contributed by atoms with van der Waals surface area (Å²) < 4.78 is 44.0. The molecule has 0 unspecified atom stereocenters. The van der Waals surface area contributed by atoms with E-state index in [0.29, 0.717) is 30.0 Å². The third-order valence-corrected chi connectivity index (χ3v) is 8.21. The van der Waals surface area contributed by atoms with Crippen molar-refractivity contribution >= 4 is 33.8 Å². The second-order valence-electron chi connectivity index (χ2n) is 8.46. The van der Waals surface area contributed by atoms with Gasteiger partial charge in [0.1, 0.15) is 17.2 Å². The molecule has 9 nitrogen and oxygen atoms in total. The number of hydrogen-bond donors (Lipinski definition) is 1. The van der Waals surface area contributed by atoms with Gasteiger partial charge in [0.05, 0.1) is 14.2 Å². The Bertz CT molecular complexity index is 1320. The second-order valence-corrected chi connectivity index (χ2v) is 10.3. The molecule has 0 bridgehead atoms. The first-order valence-electron chi connectivity index (χ1n) is 11.6. The second kappa shape index (κ2) is 11.0. The third-order valence-electron chi connectivity index (χ3n) is 6.16. The smallest absolute Gasteiger partial charge is 0.248 e. The Hall–Kier alpha value is -3.63. The summed E-state index contributed by atoms with van der Waals surface area (Å²) in [6.07, 6.45) is 4.20. The largest absolute Gasteiger partial charge is 0.497 e. The molecule has 10 heteroatoms. The van der Waals surface area contributed by atoms with Crippen molar-refractivity contribution in [2.24, 2.45) is 5.92 Å². The van der Waals surface area contributed by atoms with Crippen molar-refractivity contribution in [3.8, 4) is 11.5 Å². The van der Waals surface area contributed by atoms with Gasteiger partial charge >= 0.3 is 0 Å². The van der Waals surface area contributed by atoms with E-state index in [0.717, 1.165) is 11.3 Å². The lowest BCUT2D eigenvalue weighted by Crippen LogP contribution is -2.41. The highest BCUT2D eigenvalue weighted by Gasteiger charge is 2.36. The predicted octanol–water partition coefficient (Wildman–Crippen LogP) is 4.21. The molecule has 0 radical (unpaired) electrons. The monoisotopic (exact) mass is 511 g/mol. The highest BCUT2D eigenvalue weighted by molar-refractivity contribution is 7.89. The number of amides is 1. The molecular weight excluding hydrogens is 482 g/mol. The number of hydrogen-bond acceptors (Lipinski definition) is 7. The molecule has 0 saturated carbocycles. The van der Waals surface area contributed by atoms with Gasteiger partial charge in [-0.25, -0.2) is 8.42 Å². The summed E-state index contributed by atoms with van der Waals surface area (Å²) in [7, 11) is -0.678. The van der Waals surface area contributed by atoms with Crippen LogP contribution in [0.1, 0.15) is 29.9 Å². The highest BCUT2D eigenvalue weighted by atomic mass is 32.2. The van der Waals surface area contributed by atoms with Crippen molar-refractivity contribution in [1.82, 2.24) is 9.46 Å². The number of aromatic nitrogens is 1. The van der Waals surface area contributed by atoms with Crippen molar-refractivity contribution in [2.45, 2.75) is 24.7 Å². The first-order chi connectivity index (χ1) is 17.3. The summed E-state index contributed by atoms with van der Waals surface area (Å²) in [6.45, 7) is 2.07. The van der Waals surface area contributed by atoms with Crippen LogP contribution in [-0.2, 0) is 14.8 Å². The minimum Gasteiger partial charge on any atom is -0.497 e. The van der Waals surface area contributed by atoms with Gasteiger partial charge in [-0.1, -0.05) is 23.4 Å². The van der Waals surface area contributed by atoms with E-state index in [2.05, 4.69) is 10.5 Å². The van der Waals surface area contributed by atoms with E-state index in [1.165, 1.54) is 4.31 Å². The number of nitrogens with one attached hydrogen (secondary N) is 1. The molecule has 1 aromatic heterocycles. The fraction of sp³-hybridized carbons (Fsp3) is 0.308. The molecule has 2 heterocycles. The van der Waals surface area contributed by atoms with Gasteiger partial charge in [-0.15, -0.1) is 0 Å². The van der Waals surface area contributed by atoms with E-state index >= 15 is 0 Å². The molecule has 0 atom stereocenters. The van der Waals surface area contributed by atoms with E-state index < -0.39 is 10.0 Å².